The van der Waals surface area contributed by atoms with Crippen LogP contribution in [0.3, 0.4) is 0 Å². The molecule has 0 aliphatic carbocycles. The first kappa shape index (κ1) is 11.1. The topological polar surface area (TPSA) is 30.5 Å². The number of nitrogens with one attached hydrogen (secondary N) is 1. The van der Waals surface area contributed by atoms with E-state index in [0.717, 1.165) is 25.9 Å². The molecular weight excluding hydrogens is 245 g/mol. The quantitative estimate of drug-likeness (QED) is 0.839. The van der Waals surface area contributed by atoms with E-state index in [1.807, 2.05) is 0 Å². The SMILES string of the molecule is Fc1c(C2CCNCC2)cc2c(c1Cl)OCO2. The molecular formula is C12H13ClFNO2. The summed E-state index contributed by atoms with van der Waals surface area (Å²) in [6, 6.07) is 1.74. The van der Waals surface area contributed by atoms with Gasteiger partial charge in [0.2, 0.25) is 6.79 Å². The van der Waals surface area contributed by atoms with Gasteiger partial charge >= 0.3 is 0 Å². The van der Waals surface area contributed by atoms with Crippen LogP contribution in [0, 0.1) is 5.82 Å². The molecule has 0 bridgehead atoms. The van der Waals surface area contributed by atoms with Crippen molar-refractivity contribution in [1.29, 1.82) is 0 Å². The summed E-state index contributed by atoms with van der Waals surface area (Å²) in [5, 5.41) is 3.31. The highest BCUT2D eigenvalue weighted by Crippen LogP contribution is 2.44. The van der Waals surface area contributed by atoms with Crippen molar-refractivity contribution in [3.8, 4) is 11.5 Å². The normalized spacial score (nSPS) is 19.6. The van der Waals surface area contributed by atoms with Crippen LogP contribution in [-0.4, -0.2) is 19.9 Å². The summed E-state index contributed by atoms with van der Waals surface area (Å²) in [6.07, 6.45) is 1.85. The first-order chi connectivity index (χ1) is 8.27. The predicted molar refractivity (Wildman–Crippen MR) is 62.4 cm³/mol. The Morgan fingerprint density at radius 3 is 2.82 bits per heavy atom. The molecule has 3 rings (SSSR count). The average molecular weight is 258 g/mol. The zero-order valence-electron chi connectivity index (χ0n) is 9.26. The highest BCUT2D eigenvalue weighted by Gasteiger charge is 2.27. The van der Waals surface area contributed by atoms with Gasteiger partial charge in [-0.1, -0.05) is 11.6 Å². The molecule has 2 aliphatic heterocycles. The van der Waals surface area contributed by atoms with Crippen molar-refractivity contribution in [3.63, 3.8) is 0 Å². The van der Waals surface area contributed by atoms with Crippen molar-refractivity contribution in [2.75, 3.05) is 19.9 Å². The maximum atomic E-state index is 14.2. The molecule has 3 nitrogen and oxygen atoms in total. The predicted octanol–water partition coefficient (Wildman–Crippen LogP) is 2.67. The van der Waals surface area contributed by atoms with Gasteiger partial charge in [-0.25, -0.2) is 4.39 Å². The van der Waals surface area contributed by atoms with Crippen LogP contribution >= 0.6 is 11.6 Å². The minimum absolute atomic E-state index is 0.0496. The first-order valence-electron chi connectivity index (χ1n) is 5.75. The summed E-state index contributed by atoms with van der Waals surface area (Å²) in [4.78, 5) is 0. The molecule has 1 aromatic rings. The number of hydrogen-bond acceptors (Lipinski definition) is 3. The summed E-state index contributed by atoms with van der Waals surface area (Å²) in [7, 11) is 0. The molecule has 0 unspecified atom stereocenters. The zero-order valence-corrected chi connectivity index (χ0v) is 10.0. The highest BCUT2D eigenvalue weighted by molar-refractivity contribution is 6.32. The smallest absolute Gasteiger partial charge is 0.231 e. The molecule has 1 N–H and O–H groups in total. The highest BCUT2D eigenvalue weighted by atomic mass is 35.5. The number of ether oxygens (including phenoxy) is 2. The van der Waals surface area contributed by atoms with Crippen molar-refractivity contribution in [2.24, 2.45) is 0 Å². The Kier molecular flexibility index (Phi) is 2.84. The van der Waals surface area contributed by atoms with Crippen LogP contribution in [0.25, 0.3) is 0 Å². The van der Waals surface area contributed by atoms with Gasteiger partial charge in [0.05, 0.1) is 0 Å². The lowest BCUT2D eigenvalue weighted by molar-refractivity contribution is 0.174. The van der Waals surface area contributed by atoms with E-state index in [1.165, 1.54) is 0 Å². The van der Waals surface area contributed by atoms with Crippen molar-refractivity contribution >= 4 is 11.6 Å². The number of benzene rings is 1. The van der Waals surface area contributed by atoms with E-state index in [0.29, 0.717) is 17.1 Å². The Bertz CT molecular complexity index is 447. The molecule has 0 spiro atoms. The van der Waals surface area contributed by atoms with E-state index < -0.39 is 0 Å². The Morgan fingerprint density at radius 2 is 2.06 bits per heavy atom. The molecule has 0 amide bonds. The van der Waals surface area contributed by atoms with Crippen LogP contribution in [0.15, 0.2) is 6.07 Å². The minimum Gasteiger partial charge on any atom is -0.454 e. The third kappa shape index (κ3) is 1.85. The van der Waals surface area contributed by atoms with Gasteiger partial charge in [0, 0.05) is 0 Å². The lowest BCUT2D eigenvalue weighted by Crippen LogP contribution is -2.27. The van der Waals surface area contributed by atoms with Gasteiger partial charge in [0.1, 0.15) is 10.8 Å². The Balaban J connectivity index is 2.01. The maximum absolute atomic E-state index is 14.2. The molecule has 17 heavy (non-hydrogen) atoms. The molecule has 0 radical (unpaired) electrons. The molecule has 1 aromatic carbocycles. The minimum atomic E-state index is -0.359. The number of fused-ring (bicyclic) bond motifs is 1. The van der Waals surface area contributed by atoms with Crippen LogP contribution in [0.2, 0.25) is 5.02 Å². The van der Waals surface area contributed by atoms with Crippen LogP contribution in [0.4, 0.5) is 4.39 Å². The lowest BCUT2D eigenvalue weighted by Gasteiger charge is -2.23. The van der Waals surface area contributed by atoms with Gasteiger partial charge in [0.15, 0.2) is 11.5 Å². The fraction of sp³-hybridized carbons (Fsp3) is 0.500. The molecule has 5 heteroatoms. The summed E-state index contributed by atoms with van der Waals surface area (Å²) in [6.45, 7) is 1.94. The lowest BCUT2D eigenvalue weighted by atomic mass is 9.89. The van der Waals surface area contributed by atoms with E-state index in [1.54, 1.807) is 6.07 Å². The Hall–Kier alpha value is -1.00. The number of hydrogen-bond donors (Lipinski definition) is 1. The average Bonchev–Trinajstić information content (AvgIpc) is 2.83. The van der Waals surface area contributed by atoms with Crippen molar-refractivity contribution in [3.05, 3.63) is 22.5 Å². The summed E-state index contributed by atoms with van der Waals surface area (Å²) in [5.74, 6) is 0.748. The van der Waals surface area contributed by atoms with Crippen LogP contribution < -0.4 is 14.8 Å². The standard InChI is InChI=1S/C12H13ClFNO2/c13-10-11(14)8(7-1-3-15-4-2-7)5-9-12(10)17-6-16-9/h5,7,15H,1-4,6H2. The molecule has 2 aliphatic rings. The second kappa shape index (κ2) is 4.35. The molecule has 0 saturated carbocycles. The monoisotopic (exact) mass is 257 g/mol. The second-order valence-electron chi connectivity index (χ2n) is 4.35. The van der Waals surface area contributed by atoms with Crippen molar-refractivity contribution < 1.29 is 13.9 Å². The third-order valence-electron chi connectivity index (χ3n) is 3.35. The van der Waals surface area contributed by atoms with Crippen LogP contribution in [0.1, 0.15) is 24.3 Å². The van der Waals surface area contributed by atoms with Crippen LogP contribution in [-0.2, 0) is 0 Å². The number of rotatable bonds is 1. The fourth-order valence-corrected chi connectivity index (χ4v) is 2.69. The van der Waals surface area contributed by atoms with E-state index >= 15 is 0 Å². The Morgan fingerprint density at radius 1 is 1.29 bits per heavy atom. The van der Waals surface area contributed by atoms with E-state index in [4.69, 9.17) is 21.1 Å². The van der Waals surface area contributed by atoms with Gasteiger partial charge in [0.25, 0.3) is 0 Å². The Labute approximate surface area is 104 Å². The zero-order chi connectivity index (χ0) is 11.8. The van der Waals surface area contributed by atoms with Gasteiger partial charge < -0.3 is 14.8 Å². The summed E-state index contributed by atoms with van der Waals surface area (Å²) < 4.78 is 24.6. The molecule has 92 valence electrons. The van der Waals surface area contributed by atoms with Gasteiger partial charge in [-0.2, -0.15) is 0 Å². The summed E-state index contributed by atoms with van der Waals surface area (Å²) in [5.41, 5.74) is 0.653. The molecule has 2 heterocycles. The third-order valence-corrected chi connectivity index (χ3v) is 3.69. The number of halogens is 2. The van der Waals surface area contributed by atoms with Crippen molar-refractivity contribution in [1.82, 2.24) is 5.32 Å². The number of piperidine rings is 1. The first-order valence-corrected chi connectivity index (χ1v) is 6.13. The van der Waals surface area contributed by atoms with Gasteiger partial charge in [-0.15, -0.1) is 0 Å². The fourth-order valence-electron chi connectivity index (χ4n) is 2.43. The second-order valence-corrected chi connectivity index (χ2v) is 4.73. The van der Waals surface area contributed by atoms with E-state index in [-0.39, 0.29) is 23.6 Å². The van der Waals surface area contributed by atoms with Gasteiger partial charge in [-0.05, 0) is 43.5 Å². The van der Waals surface area contributed by atoms with Crippen LogP contribution in [0.5, 0.6) is 11.5 Å². The van der Waals surface area contributed by atoms with E-state index in [2.05, 4.69) is 5.32 Å². The van der Waals surface area contributed by atoms with Gasteiger partial charge in [-0.3, -0.25) is 0 Å². The molecule has 1 saturated heterocycles. The maximum Gasteiger partial charge on any atom is 0.231 e. The molecule has 0 aromatic heterocycles. The summed E-state index contributed by atoms with van der Waals surface area (Å²) >= 11 is 5.97. The largest absolute Gasteiger partial charge is 0.454 e. The molecule has 0 atom stereocenters. The van der Waals surface area contributed by atoms with Crippen molar-refractivity contribution in [2.45, 2.75) is 18.8 Å². The molecule has 1 fully saturated rings. The van der Waals surface area contributed by atoms with E-state index in [9.17, 15) is 4.39 Å².